The summed E-state index contributed by atoms with van der Waals surface area (Å²) in [5.74, 6) is 1.72. The molecule has 0 amide bonds. The molecule has 0 spiro atoms. The molecule has 146 valence electrons. The first-order valence-electron chi connectivity index (χ1n) is 11.1. The quantitative estimate of drug-likeness (QED) is 0.369. The zero-order valence-corrected chi connectivity index (χ0v) is 17.5. The lowest BCUT2D eigenvalue weighted by atomic mass is 9.67. The van der Waals surface area contributed by atoms with E-state index in [2.05, 4.69) is 57.2 Å². The number of halogens is 1. The van der Waals surface area contributed by atoms with Crippen LogP contribution >= 0.6 is 0 Å². The second kappa shape index (κ2) is 6.05. The number of aryl methyl sites for hydroxylation is 2. The Labute approximate surface area is 172 Å². The molecule has 6 rings (SSSR count). The molecule has 1 fully saturated rings. The van der Waals surface area contributed by atoms with Crippen molar-refractivity contribution in [3.05, 3.63) is 75.6 Å². The predicted octanol–water partition coefficient (Wildman–Crippen LogP) is 7.99. The molecule has 0 heterocycles. The van der Waals surface area contributed by atoms with E-state index in [0.29, 0.717) is 12.3 Å². The molecule has 3 aliphatic rings. The second-order valence-electron chi connectivity index (χ2n) is 9.65. The Morgan fingerprint density at radius 3 is 2.55 bits per heavy atom. The fourth-order valence-electron chi connectivity index (χ4n) is 6.34. The predicted molar refractivity (Wildman–Crippen MR) is 120 cm³/mol. The van der Waals surface area contributed by atoms with Crippen molar-refractivity contribution in [1.82, 2.24) is 0 Å². The van der Waals surface area contributed by atoms with E-state index in [1.165, 1.54) is 63.4 Å². The first kappa shape index (κ1) is 17.4. The summed E-state index contributed by atoms with van der Waals surface area (Å²) in [6, 6.07) is 13.9. The van der Waals surface area contributed by atoms with E-state index >= 15 is 0 Å². The zero-order valence-electron chi connectivity index (χ0n) is 17.5. The molecule has 3 atom stereocenters. The second-order valence-corrected chi connectivity index (χ2v) is 9.65. The monoisotopic (exact) mass is 382 g/mol. The van der Waals surface area contributed by atoms with Crippen molar-refractivity contribution >= 4 is 16.8 Å². The summed E-state index contributed by atoms with van der Waals surface area (Å²) in [4.78, 5) is 0. The fourth-order valence-corrected chi connectivity index (χ4v) is 6.34. The smallest absolute Gasteiger partial charge is 0.101 e. The van der Waals surface area contributed by atoms with Crippen LogP contribution in [0.15, 0.2) is 42.2 Å². The van der Waals surface area contributed by atoms with E-state index in [0.717, 1.165) is 11.5 Å². The molecule has 0 saturated heterocycles. The van der Waals surface area contributed by atoms with Gasteiger partial charge in [-0.05, 0) is 107 Å². The van der Waals surface area contributed by atoms with Gasteiger partial charge in [-0.1, -0.05) is 48.9 Å². The van der Waals surface area contributed by atoms with Gasteiger partial charge in [0.1, 0.15) is 5.83 Å². The van der Waals surface area contributed by atoms with Crippen LogP contribution < -0.4 is 0 Å². The van der Waals surface area contributed by atoms with Crippen LogP contribution in [0.4, 0.5) is 4.39 Å². The van der Waals surface area contributed by atoms with E-state index in [1.54, 1.807) is 11.6 Å². The summed E-state index contributed by atoms with van der Waals surface area (Å²) in [6.07, 6.45) is 6.13. The minimum Gasteiger partial charge on any atom is -0.212 e. The molecule has 0 nitrogen and oxygen atoms in total. The largest absolute Gasteiger partial charge is 0.212 e. The number of fused-ring (bicyclic) bond motifs is 9. The summed E-state index contributed by atoms with van der Waals surface area (Å²) >= 11 is 0. The molecule has 3 aliphatic carbocycles. The topological polar surface area (TPSA) is 0 Å². The van der Waals surface area contributed by atoms with Gasteiger partial charge in [0.2, 0.25) is 0 Å². The summed E-state index contributed by atoms with van der Waals surface area (Å²) in [5.41, 5.74) is 11.1. The van der Waals surface area contributed by atoms with Crippen LogP contribution in [0.2, 0.25) is 0 Å². The van der Waals surface area contributed by atoms with Crippen LogP contribution in [-0.2, 0) is 6.42 Å². The van der Waals surface area contributed by atoms with Crippen LogP contribution in [0.1, 0.15) is 71.4 Å². The van der Waals surface area contributed by atoms with E-state index in [-0.39, 0.29) is 11.7 Å². The van der Waals surface area contributed by atoms with Crippen molar-refractivity contribution in [2.24, 2.45) is 5.92 Å². The Bertz CT molecular complexity index is 1210. The lowest BCUT2D eigenvalue weighted by Crippen LogP contribution is -2.25. The average molecular weight is 383 g/mol. The molecule has 0 N–H and O–H groups in total. The van der Waals surface area contributed by atoms with Crippen molar-refractivity contribution in [3.63, 3.8) is 0 Å². The van der Waals surface area contributed by atoms with Crippen molar-refractivity contribution in [1.29, 1.82) is 0 Å². The Morgan fingerprint density at radius 2 is 1.76 bits per heavy atom. The van der Waals surface area contributed by atoms with Gasteiger partial charge in [0.05, 0.1) is 0 Å². The molecule has 0 bridgehead atoms. The maximum atomic E-state index is 14.4. The lowest BCUT2D eigenvalue weighted by molar-refractivity contribution is 0.256. The highest BCUT2D eigenvalue weighted by Crippen LogP contribution is 2.54. The average Bonchev–Trinajstić information content (AvgIpc) is 2.74. The van der Waals surface area contributed by atoms with Gasteiger partial charge in [-0.25, -0.2) is 4.39 Å². The highest BCUT2D eigenvalue weighted by Gasteiger charge is 2.38. The molecular weight excluding hydrogens is 355 g/mol. The summed E-state index contributed by atoms with van der Waals surface area (Å²) < 4.78 is 14.4. The van der Waals surface area contributed by atoms with Gasteiger partial charge >= 0.3 is 0 Å². The third-order valence-electron chi connectivity index (χ3n) is 7.77. The Kier molecular flexibility index (Phi) is 3.64. The van der Waals surface area contributed by atoms with Crippen molar-refractivity contribution in [2.45, 2.75) is 58.3 Å². The van der Waals surface area contributed by atoms with Gasteiger partial charge < -0.3 is 0 Å². The highest BCUT2D eigenvalue weighted by atomic mass is 19.1. The number of benzene rings is 3. The molecule has 3 aromatic rings. The molecule has 3 unspecified atom stereocenters. The lowest BCUT2D eigenvalue weighted by Gasteiger charge is -2.37. The normalized spacial score (nSPS) is 24.6. The van der Waals surface area contributed by atoms with Crippen molar-refractivity contribution in [2.75, 3.05) is 0 Å². The van der Waals surface area contributed by atoms with Crippen molar-refractivity contribution in [3.8, 4) is 11.1 Å². The Morgan fingerprint density at radius 1 is 0.931 bits per heavy atom. The molecule has 0 radical (unpaired) electrons. The third kappa shape index (κ3) is 2.43. The van der Waals surface area contributed by atoms with E-state index < -0.39 is 0 Å². The third-order valence-corrected chi connectivity index (χ3v) is 7.77. The standard InChI is InChI=1S/C28H27F/c1-15-10-17(3)27-22-6-4-18(22)13-19-5-7-23-24(28(19)26(27)11-15)9-8-21-16(2)12-20(29)14-25(21)23/h5,7-11,14,16,18,22H,4,6,12-13H2,1-3H3. The molecule has 0 aliphatic heterocycles. The molecule has 1 saturated carbocycles. The van der Waals surface area contributed by atoms with Crippen molar-refractivity contribution < 1.29 is 4.39 Å². The van der Waals surface area contributed by atoms with Crippen LogP contribution in [-0.4, -0.2) is 0 Å². The van der Waals surface area contributed by atoms with Gasteiger partial charge in [-0.2, -0.15) is 0 Å². The summed E-state index contributed by atoms with van der Waals surface area (Å²) in [6.45, 7) is 6.64. The zero-order chi connectivity index (χ0) is 19.9. The van der Waals surface area contributed by atoms with Crippen LogP contribution in [0, 0.1) is 19.8 Å². The van der Waals surface area contributed by atoms with E-state index in [9.17, 15) is 4.39 Å². The fraction of sp³-hybridized carbons (Fsp3) is 0.357. The van der Waals surface area contributed by atoms with Crippen LogP contribution in [0.25, 0.3) is 28.0 Å². The number of hydrogen-bond acceptors (Lipinski definition) is 0. The van der Waals surface area contributed by atoms with E-state index in [4.69, 9.17) is 0 Å². The Balaban J connectivity index is 1.72. The maximum Gasteiger partial charge on any atom is 0.101 e. The minimum atomic E-state index is 0.0116. The highest BCUT2D eigenvalue weighted by molar-refractivity contribution is 6.04. The molecule has 29 heavy (non-hydrogen) atoms. The summed E-state index contributed by atoms with van der Waals surface area (Å²) in [7, 11) is 0. The van der Waals surface area contributed by atoms with Crippen LogP contribution in [0.3, 0.4) is 0 Å². The molecule has 0 aromatic heterocycles. The maximum absolute atomic E-state index is 14.4. The minimum absolute atomic E-state index is 0.0116. The molecule has 1 heteroatoms. The number of allylic oxidation sites excluding steroid dienone is 1. The van der Waals surface area contributed by atoms with Gasteiger partial charge in [0.25, 0.3) is 0 Å². The van der Waals surface area contributed by atoms with Gasteiger partial charge in [0, 0.05) is 6.42 Å². The first-order chi connectivity index (χ1) is 14.0. The van der Waals surface area contributed by atoms with Gasteiger partial charge in [-0.15, -0.1) is 0 Å². The molecule has 3 aromatic carbocycles. The number of rotatable bonds is 0. The molecular formula is C28H27F. The number of hydrogen-bond donors (Lipinski definition) is 0. The SMILES string of the molecule is Cc1cc(C)c2c(c1)-c1c(ccc3c4c(ccc13)C(C)CC(F)=C4)CC1CCC21. The van der Waals surface area contributed by atoms with E-state index in [1.807, 2.05) is 0 Å². The Hall–Kier alpha value is -2.41. The van der Waals surface area contributed by atoms with Gasteiger partial charge in [0.15, 0.2) is 0 Å². The summed E-state index contributed by atoms with van der Waals surface area (Å²) in [5, 5.41) is 2.51. The van der Waals surface area contributed by atoms with Gasteiger partial charge in [-0.3, -0.25) is 0 Å². The first-order valence-corrected chi connectivity index (χ1v) is 11.1. The van der Waals surface area contributed by atoms with Crippen LogP contribution in [0.5, 0.6) is 0 Å².